The van der Waals surface area contributed by atoms with Gasteiger partial charge in [0, 0.05) is 16.9 Å². The van der Waals surface area contributed by atoms with Crippen molar-refractivity contribution in [1.29, 1.82) is 0 Å². The summed E-state index contributed by atoms with van der Waals surface area (Å²) in [5.74, 6) is -0.554. The first-order valence-corrected chi connectivity index (χ1v) is 9.44. The minimum atomic E-state index is -0.844. The standard InChI is InChI=1S/C23H24N2O4/c1-3-15-14-17(23(24)28)6-11-20(15)25-18(8-13-22(26)27)7-12-21(25)16-4-9-19(29-2)10-5-16/h4-7,9-12,14H,3,8,13H2,1-2H3,(H2,24,28)(H,26,27). The molecule has 3 N–H and O–H groups in total. The average molecular weight is 392 g/mol. The third-order valence-corrected chi connectivity index (χ3v) is 4.93. The number of carboxylic acid groups (broad SMARTS) is 1. The molecule has 150 valence electrons. The Bertz CT molecular complexity index is 1040. The molecule has 3 rings (SSSR count). The van der Waals surface area contributed by atoms with Crippen molar-refractivity contribution in [3.8, 4) is 22.7 Å². The van der Waals surface area contributed by atoms with E-state index in [0.29, 0.717) is 18.4 Å². The number of benzene rings is 2. The van der Waals surface area contributed by atoms with Gasteiger partial charge in [0.2, 0.25) is 5.91 Å². The van der Waals surface area contributed by atoms with Crippen LogP contribution in [-0.2, 0) is 17.6 Å². The molecule has 0 bridgehead atoms. The van der Waals surface area contributed by atoms with E-state index in [2.05, 4.69) is 4.57 Å². The van der Waals surface area contributed by atoms with E-state index in [1.807, 2.05) is 49.4 Å². The van der Waals surface area contributed by atoms with Gasteiger partial charge in [-0.05, 0) is 78.6 Å². The molecule has 0 radical (unpaired) electrons. The number of aromatic nitrogens is 1. The van der Waals surface area contributed by atoms with Gasteiger partial charge in [-0.25, -0.2) is 0 Å². The number of carboxylic acids is 1. The van der Waals surface area contributed by atoms with Crippen LogP contribution in [0.15, 0.2) is 54.6 Å². The molecule has 2 aromatic carbocycles. The molecular weight excluding hydrogens is 368 g/mol. The predicted octanol–water partition coefficient (Wildman–Crippen LogP) is 3.83. The van der Waals surface area contributed by atoms with E-state index in [9.17, 15) is 9.59 Å². The molecule has 0 atom stereocenters. The van der Waals surface area contributed by atoms with Crippen LogP contribution in [-0.4, -0.2) is 28.7 Å². The van der Waals surface area contributed by atoms with Crippen LogP contribution < -0.4 is 10.5 Å². The first-order valence-electron chi connectivity index (χ1n) is 9.44. The summed E-state index contributed by atoms with van der Waals surface area (Å²) in [5, 5.41) is 9.14. The number of hydrogen-bond acceptors (Lipinski definition) is 3. The van der Waals surface area contributed by atoms with E-state index >= 15 is 0 Å². The number of carbonyl (C=O) groups excluding carboxylic acids is 1. The number of methoxy groups -OCH3 is 1. The van der Waals surface area contributed by atoms with Crippen LogP contribution in [0.3, 0.4) is 0 Å². The number of aryl methyl sites for hydroxylation is 2. The van der Waals surface area contributed by atoms with Crippen molar-refractivity contribution in [2.75, 3.05) is 7.11 Å². The third kappa shape index (κ3) is 4.32. The van der Waals surface area contributed by atoms with Crippen molar-refractivity contribution >= 4 is 11.9 Å². The molecule has 29 heavy (non-hydrogen) atoms. The van der Waals surface area contributed by atoms with Crippen LogP contribution in [0.1, 0.15) is 35.0 Å². The number of nitrogens with zero attached hydrogens (tertiary/aromatic N) is 1. The highest BCUT2D eigenvalue weighted by molar-refractivity contribution is 5.93. The number of hydrogen-bond donors (Lipinski definition) is 2. The summed E-state index contributed by atoms with van der Waals surface area (Å²) in [5.41, 5.74) is 10.6. The molecule has 1 aromatic heterocycles. The molecule has 0 aliphatic rings. The molecule has 0 saturated carbocycles. The summed E-state index contributed by atoms with van der Waals surface area (Å²) in [6.45, 7) is 2.01. The van der Waals surface area contributed by atoms with Crippen LogP contribution in [0.4, 0.5) is 0 Å². The SMILES string of the molecule is CCc1cc(C(N)=O)ccc1-n1c(CCC(=O)O)ccc1-c1ccc(OC)cc1. The first kappa shape index (κ1) is 20.2. The highest BCUT2D eigenvalue weighted by Crippen LogP contribution is 2.31. The van der Waals surface area contributed by atoms with E-state index < -0.39 is 11.9 Å². The fourth-order valence-corrected chi connectivity index (χ4v) is 3.42. The Balaban J connectivity index is 2.17. The van der Waals surface area contributed by atoms with Gasteiger partial charge in [0.05, 0.1) is 19.2 Å². The molecule has 3 aromatic rings. The van der Waals surface area contributed by atoms with Crippen LogP contribution in [0.2, 0.25) is 0 Å². The second-order valence-corrected chi connectivity index (χ2v) is 6.73. The summed E-state index contributed by atoms with van der Waals surface area (Å²) in [4.78, 5) is 22.7. The summed E-state index contributed by atoms with van der Waals surface area (Å²) < 4.78 is 7.31. The smallest absolute Gasteiger partial charge is 0.303 e. The van der Waals surface area contributed by atoms with E-state index in [1.54, 1.807) is 19.2 Å². The Labute approximate surface area is 169 Å². The lowest BCUT2D eigenvalue weighted by atomic mass is 10.0. The number of aliphatic carboxylic acids is 1. The van der Waals surface area contributed by atoms with E-state index in [1.165, 1.54) is 0 Å². The third-order valence-electron chi connectivity index (χ3n) is 4.93. The van der Waals surface area contributed by atoms with Gasteiger partial charge in [-0.2, -0.15) is 0 Å². The van der Waals surface area contributed by atoms with Crippen LogP contribution in [0.5, 0.6) is 5.75 Å². The molecule has 1 amide bonds. The normalized spacial score (nSPS) is 10.7. The summed E-state index contributed by atoms with van der Waals surface area (Å²) >= 11 is 0. The number of primary amides is 1. The van der Waals surface area contributed by atoms with Gasteiger partial charge in [0.15, 0.2) is 0 Å². The molecule has 0 fully saturated rings. The fraction of sp³-hybridized carbons (Fsp3) is 0.217. The maximum Gasteiger partial charge on any atom is 0.303 e. The van der Waals surface area contributed by atoms with Gasteiger partial charge in [0.25, 0.3) is 0 Å². The lowest BCUT2D eigenvalue weighted by molar-refractivity contribution is -0.136. The molecule has 0 aliphatic heterocycles. The maximum absolute atomic E-state index is 11.6. The molecule has 1 heterocycles. The number of amides is 1. The van der Waals surface area contributed by atoms with Gasteiger partial charge < -0.3 is 20.1 Å². The lowest BCUT2D eigenvalue weighted by Gasteiger charge is -2.18. The van der Waals surface area contributed by atoms with Crippen LogP contribution in [0.25, 0.3) is 16.9 Å². The molecule has 0 unspecified atom stereocenters. The highest BCUT2D eigenvalue weighted by atomic mass is 16.5. The van der Waals surface area contributed by atoms with Crippen molar-refractivity contribution in [2.24, 2.45) is 5.73 Å². The summed E-state index contributed by atoms with van der Waals surface area (Å²) in [6.07, 6.45) is 1.13. The minimum absolute atomic E-state index is 0.0346. The number of ether oxygens (including phenoxy) is 1. The average Bonchev–Trinajstić information content (AvgIpc) is 3.15. The van der Waals surface area contributed by atoms with E-state index in [4.69, 9.17) is 15.6 Å². The zero-order valence-corrected chi connectivity index (χ0v) is 16.5. The van der Waals surface area contributed by atoms with Gasteiger partial charge in [0.1, 0.15) is 5.75 Å². The highest BCUT2D eigenvalue weighted by Gasteiger charge is 2.16. The molecule has 0 spiro atoms. The molecule has 6 nitrogen and oxygen atoms in total. The predicted molar refractivity (Wildman–Crippen MR) is 112 cm³/mol. The fourth-order valence-electron chi connectivity index (χ4n) is 3.42. The van der Waals surface area contributed by atoms with Crippen LogP contribution >= 0.6 is 0 Å². The first-order chi connectivity index (χ1) is 13.9. The number of rotatable bonds is 8. The second-order valence-electron chi connectivity index (χ2n) is 6.73. The number of nitrogens with two attached hydrogens (primary N) is 1. The number of carbonyl (C=O) groups is 2. The van der Waals surface area contributed by atoms with Gasteiger partial charge in [-0.15, -0.1) is 0 Å². The van der Waals surface area contributed by atoms with Crippen molar-refractivity contribution in [3.05, 3.63) is 71.4 Å². The van der Waals surface area contributed by atoms with Crippen molar-refractivity contribution in [2.45, 2.75) is 26.2 Å². The second kappa shape index (κ2) is 8.65. The quantitative estimate of drug-likeness (QED) is 0.609. The van der Waals surface area contributed by atoms with Crippen molar-refractivity contribution in [3.63, 3.8) is 0 Å². The Kier molecular flexibility index (Phi) is 6.02. The van der Waals surface area contributed by atoms with E-state index in [-0.39, 0.29) is 6.42 Å². The maximum atomic E-state index is 11.6. The molecule has 0 aliphatic carbocycles. The molecule has 0 saturated heterocycles. The van der Waals surface area contributed by atoms with Crippen molar-refractivity contribution < 1.29 is 19.4 Å². The van der Waals surface area contributed by atoms with Gasteiger partial charge >= 0.3 is 5.97 Å². The lowest BCUT2D eigenvalue weighted by Crippen LogP contribution is -2.13. The summed E-state index contributed by atoms with van der Waals surface area (Å²) in [7, 11) is 1.62. The zero-order valence-electron chi connectivity index (χ0n) is 16.5. The van der Waals surface area contributed by atoms with Gasteiger partial charge in [-0.3, -0.25) is 9.59 Å². The minimum Gasteiger partial charge on any atom is -0.497 e. The Morgan fingerprint density at radius 3 is 2.38 bits per heavy atom. The topological polar surface area (TPSA) is 94.6 Å². The van der Waals surface area contributed by atoms with E-state index in [0.717, 1.165) is 34.0 Å². The Morgan fingerprint density at radius 1 is 1.07 bits per heavy atom. The summed E-state index contributed by atoms with van der Waals surface area (Å²) in [6, 6.07) is 17.0. The zero-order chi connectivity index (χ0) is 21.0. The molecular formula is C23H24N2O4. The van der Waals surface area contributed by atoms with Crippen molar-refractivity contribution in [1.82, 2.24) is 4.57 Å². The van der Waals surface area contributed by atoms with Gasteiger partial charge in [-0.1, -0.05) is 6.92 Å². The van der Waals surface area contributed by atoms with Crippen LogP contribution in [0, 0.1) is 0 Å². The largest absolute Gasteiger partial charge is 0.497 e. The Hall–Kier alpha value is -3.54. The monoisotopic (exact) mass is 392 g/mol. The molecule has 6 heteroatoms. The Morgan fingerprint density at radius 2 is 1.79 bits per heavy atom.